The zero-order valence-corrected chi connectivity index (χ0v) is 25.7. The van der Waals surface area contributed by atoms with Gasteiger partial charge in [-0.1, -0.05) is 113 Å². The molecule has 43 heavy (non-hydrogen) atoms. The lowest BCUT2D eigenvalue weighted by molar-refractivity contribution is -0.115. The van der Waals surface area contributed by atoms with Crippen molar-refractivity contribution in [1.82, 2.24) is 0 Å². The molecule has 0 fully saturated rings. The van der Waals surface area contributed by atoms with Gasteiger partial charge in [-0.25, -0.2) is 4.79 Å². The van der Waals surface area contributed by atoms with Gasteiger partial charge in [0.1, 0.15) is 5.25 Å². The summed E-state index contributed by atoms with van der Waals surface area (Å²) in [5.74, 6) is -2.58. The number of halogens is 4. The fourth-order valence-electron chi connectivity index (χ4n) is 4.40. The van der Waals surface area contributed by atoms with E-state index in [1.54, 1.807) is 24.3 Å². The Morgan fingerprint density at radius 2 is 1.26 bits per heavy atom. The van der Waals surface area contributed by atoms with E-state index in [1.807, 2.05) is 72.8 Å². The van der Waals surface area contributed by atoms with Crippen molar-refractivity contribution < 1.29 is 19.5 Å². The van der Waals surface area contributed by atoms with Crippen LogP contribution in [-0.2, 0) is 4.79 Å². The molecule has 1 atom stereocenters. The predicted octanol–water partition coefficient (Wildman–Crippen LogP) is 9.88. The van der Waals surface area contributed by atoms with E-state index in [-0.39, 0.29) is 21.0 Å². The van der Waals surface area contributed by atoms with E-state index in [0.29, 0.717) is 16.3 Å². The molecule has 0 radical (unpaired) electrons. The number of aromatic carboxylic acids is 1. The highest BCUT2D eigenvalue weighted by Crippen LogP contribution is 2.42. The molecule has 3 N–H and O–H groups in total. The first-order chi connectivity index (χ1) is 20.6. The van der Waals surface area contributed by atoms with Crippen molar-refractivity contribution in [2.75, 3.05) is 10.6 Å². The average molecular weight is 670 g/mol. The summed E-state index contributed by atoms with van der Waals surface area (Å²) in [4.78, 5) is 39.5. The van der Waals surface area contributed by atoms with Gasteiger partial charge in [-0.2, -0.15) is 0 Å². The van der Waals surface area contributed by atoms with E-state index in [4.69, 9.17) is 46.4 Å². The Morgan fingerprint density at radius 1 is 0.628 bits per heavy atom. The number of carbonyl (C=O) groups excluding carboxylic acids is 2. The maximum atomic E-state index is 13.6. The SMILES string of the molecule is O=C(O)c1c(Cl)c(Cl)c(Cl)c(Cl)c1C(=O)Nc1cccc(SC(C(=O)Nc2ccc3ccccc3c2)c2ccccc2)c1. The lowest BCUT2D eigenvalue weighted by atomic mass is 10.1. The van der Waals surface area contributed by atoms with Gasteiger partial charge < -0.3 is 15.7 Å². The molecule has 0 aliphatic carbocycles. The third-order valence-corrected chi connectivity index (χ3v) is 9.46. The quantitative estimate of drug-likeness (QED) is 0.0868. The average Bonchev–Trinajstić information content (AvgIpc) is 3.00. The number of carbonyl (C=O) groups is 3. The molecular formula is C32H20Cl4N2O4S. The molecule has 0 spiro atoms. The van der Waals surface area contributed by atoms with Gasteiger partial charge in [-0.3, -0.25) is 9.59 Å². The molecular weight excluding hydrogens is 650 g/mol. The van der Waals surface area contributed by atoms with Crippen LogP contribution in [0.15, 0.2) is 102 Å². The molecule has 0 aromatic heterocycles. The Bertz CT molecular complexity index is 1890. The normalized spacial score (nSPS) is 11.6. The van der Waals surface area contributed by atoms with E-state index in [9.17, 15) is 19.5 Å². The van der Waals surface area contributed by atoms with Crippen LogP contribution in [0.25, 0.3) is 10.8 Å². The summed E-state index contributed by atoms with van der Waals surface area (Å²) >= 11 is 25.7. The molecule has 5 aromatic rings. The second-order valence-electron chi connectivity index (χ2n) is 9.25. The van der Waals surface area contributed by atoms with E-state index < -0.39 is 33.3 Å². The monoisotopic (exact) mass is 668 g/mol. The van der Waals surface area contributed by atoms with Crippen LogP contribution in [-0.4, -0.2) is 22.9 Å². The number of thioether (sulfide) groups is 1. The third kappa shape index (κ3) is 6.77. The summed E-state index contributed by atoms with van der Waals surface area (Å²) in [6.45, 7) is 0. The number of benzene rings is 5. The summed E-state index contributed by atoms with van der Waals surface area (Å²) in [7, 11) is 0. The highest BCUT2D eigenvalue weighted by molar-refractivity contribution is 8.00. The van der Waals surface area contributed by atoms with Crippen molar-refractivity contribution in [3.8, 4) is 0 Å². The first kappa shape index (κ1) is 30.7. The fourth-order valence-corrected chi connectivity index (χ4v) is 6.50. The van der Waals surface area contributed by atoms with E-state index in [2.05, 4.69) is 10.6 Å². The number of carboxylic acid groups (broad SMARTS) is 1. The summed E-state index contributed by atoms with van der Waals surface area (Å²) < 4.78 is 0. The minimum absolute atomic E-state index is 0.232. The van der Waals surface area contributed by atoms with Gasteiger partial charge in [0.05, 0.1) is 31.2 Å². The molecule has 0 bridgehead atoms. The van der Waals surface area contributed by atoms with Crippen molar-refractivity contribution in [2.45, 2.75) is 10.1 Å². The Morgan fingerprint density at radius 3 is 1.95 bits per heavy atom. The van der Waals surface area contributed by atoms with Crippen LogP contribution in [0, 0.1) is 0 Å². The van der Waals surface area contributed by atoms with Crippen LogP contribution in [0.3, 0.4) is 0 Å². The zero-order chi connectivity index (χ0) is 30.7. The van der Waals surface area contributed by atoms with Gasteiger partial charge in [-0.05, 0) is 46.7 Å². The summed E-state index contributed by atoms with van der Waals surface area (Å²) in [5.41, 5.74) is 0.773. The van der Waals surface area contributed by atoms with Crippen molar-refractivity contribution >= 4 is 98.1 Å². The Labute approximate surface area is 270 Å². The Kier molecular flexibility index (Phi) is 9.49. The summed E-state index contributed by atoms with van der Waals surface area (Å²) in [6, 6.07) is 29.7. The highest BCUT2D eigenvalue weighted by Gasteiger charge is 2.29. The van der Waals surface area contributed by atoms with Crippen LogP contribution < -0.4 is 10.6 Å². The Hall–Kier alpha value is -3.72. The maximum absolute atomic E-state index is 13.6. The second-order valence-corrected chi connectivity index (χ2v) is 11.9. The number of hydrogen-bond acceptors (Lipinski definition) is 4. The third-order valence-electron chi connectivity index (χ3n) is 6.41. The van der Waals surface area contributed by atoms with E-state index in [1.165, 1.54) is 11.8 Å². The van der Waals surface area contributed by atoms with Crippen LogP contribution in [0.4, 0.5) is 11.4 Å². The molecule has 0 saturated heterocycles. The molecule has 2 amide bonds. The Balaban J connectivity index is 1.41. The highest BCUT2D eigenvalue weighted by atomic mass is 35.5. The predicted molar refractivity (Wildman–Crippen MR) is 175 cm³/mol. The largest absolute Gasteiger partial charge is 0.478 e. The smallest absolute Gasteiger partial charge is 0.338 e. The molecule has 1 unspecified atom stereocenters. The van der Waals surface area contributed by atoms with Gasteiger partial charge in [0, 0.05) is 16.3 Å². The topological polar surface area (TPSA) is 95.5 Å². The number of hydrogen-bond donors (Lipinski definition) is 3. The van der Waals surface area contributed by atoms with Gasteiger partial charge in [-0.15, -0.1) is 11.8 Å². The molecule has 11 heteroatoms. The summed E-state index contributed by atoms with van der Waals surface area (Å²) in [5, 5.41) is 15.5. The molecule has 0 aliphatic heterocycles. The molecule has 0 heterocycles. The summed E-state index contributed by atoms with van der Waals surface area (Å²) in [6.07, 6.45) is 0. The number of carboxylic acids is 1. The molecule has 0 aliphatic rings. The lowest BCUT2D eigenvalue weighted by Gasteiger charge is -2.18. The van der Waals surface area contributed by atoms with Gasteiger partial charge in [0.25, 0.3) is 5.91 Å². The van der Waals surface area contributed by atoms with E-state index >= 15 is 0 Å². The van der Waals surface area contributed by atoms with E-state index in [0.717, 1.165) is 16.3 Å². The zero-order valence-electron chi connectivity index (χ0n) is 21.9. The number of anilines is 2. The first-order valence-corrected chi connectivity index (χ1v) is 15.0. The fraction of sp³-hybridized carbons (Fsp3) is 0.0312. The van der Waals surface area contributed by atoms with Crippen LogP contribution >= 0.6 is 58.2 Å². The molecule has 5 rings (SSSR count). The minimum atomic E-state index is -1.50. The molecule has 5 aromatic carbocycles. The second kappa shape index (κ2) is 13.3. The van der Waals surface area contributed by atoms with Crippen LogP contribution in [0.1, 0.15) is 31.5 Å². The molecule has 0 saturated carbocycles. The van der Waals surface area contributed by atoms with Crippen molar-refractivity contribution in [1.29, 1.82) is 0 Å². The maximum Gasteiger partial charge on any atom is 0.338 e. The van der Waals surface area contributed by atoms with Crippen molar-refractivity contribution in [3.05, 3.63) is 134 Å². The number of nitrogens with one attached hydrogen (secondary N) is 2. The van der Waals surface area contributed by atoms with Crippen molar-refractivity contribution in [2.24, 2.45) is 0 Å². The van der Waals surface area contributed by atoms with Crippen LogP contribution in [0.5, 0.6) is 0 Å². The number of amides is 2. The van der Waals surface area contributed by atoms with Crippen LogP contribution in [0.2, 0.25) is 20.1 Å². The standard InChI is InChI=1S/C32H20Cl4N2O4S/c33-25-23(24(32(41)42)26(34)28(36)27(25)35)30(39)37-20-11-6-12-22(16-20)43-29(18-8-2-1-3-9-18)31(40)38-21-14-13-17-7-4-5-10-19(17)15-21/h1-16,29H,(H,37,39)(H,38,40)(H,41,42). The lowest BCUT2D eigenvalue weighted by Crippen LogP contribution is -2.19. The molecule has 6 nitrogen and oxygen atoms in total. The number of fused-ring (bicyclic) bond motifs is 1. The van der Waals surface area contributed by atoms with Gasteiger partial charge in [0.15, 0.2) is 0 Å². The van der Waals surface area contributed by atoms with Gasteiger partial charge in [0.2, 0.25) is 5.91 Å². The number of rotatable bonds is 8. The minimum Gasteiger partial charge on any atom is -0.478 e. The van der Waals surface area contributed by atoms with Crippen molar-refractivity contribution in [3.63, 3.8) is 0 Å². The first-order valence-electron chi connectivity index (χ1n) is 12.7. The van der Waals surface area contributed by atoms with Gasteiger partial charge >= 0.3 is 5.97 Å². The molecule has 216 valence electrons.